The van der Waals surface area contributed by atoms with Gasteiger partial charge in [0.2, 0.25) is 0 Å². The van der Waals surface area contributed by atoms with Gasteiger partial charge in [-0.05, 0) is 23.6 Å². The van der Waals surface area contributed by atoms with E-state index in [1.807, 2.05) is 42.5 Å². The Balaban J connectivity index is 2.47. The minimum absolute atomic E-state index is 0.702. The quantitative estimate of drug-likeness (QED) is 0.594. The first-order chi connectivity index (χ1) is 8.35. The van der Waals surface area contributed by atoms with Crippen LogP contribution < -0.4 is 9.47 Å². The van der Waals surface area contributed by atoms with E-state index in [-0.39, 0.29) is 0 Å². The zero-order valence-electron chi connectivity index (χ0n) is 9.38. The van der Waals surface area contributed by atoms with Crippen LogP contribution in [0.25, 0.3) is 10.8 Å². The maximum atomic E-state index is 8.40. The first-order valence-corrected chi connectivity index (χ1v) is 5.13. The lowest BCUT2D eigenvalue weighted by Gasteiger charge is -2.07. The smallest absolute Gasteiger partial charge is 0.134 e. The molecule has 17 heavy (non-hydrogen) atoms. The van der Waals surface area contributed by atoms with Crippen LogP contribution in [0.15, 0.2) is 48.7 Å². The number of allylic oxidation sites excluding steroid dienone is 1. The summed E-state index contributed by atoms with van der Waals surface area (Å²) in [5, 5.41) is 10.4. The average molecular weight is 225 g/mol. The van der Waals surface area contributed by atoms with Gasteiger partial charge in [0, 0.05) is 5.39 Å². The highest BCUT2D eigenvalue weighted by atomic mass is 16.5. The standard InChI is InChI=1S/C14H11NO2/c1-16-12-7-6-11-4-2-5-14(13(11)10-12)17-9-3-8-15/h2-7,9-10H,1H3/b9-3-. The molecule has 2 aromatic rings. The van der Waals surface area contributed by atoms with E-state index in [4.69, 9.17) is 14.7 Å². The lowest BCUT2D eigenvalue weighted by atomic mass is 10.1. The molecule has 84 valence electrons. The highest BCUT2D eigenvalue weighted by molar-refractivity contribution is 5.89. The van der Waals surface area contributed by atoms with Crippen LogP contribution in [0.1, 0.15) is 0 Å². The van der Waals surface area contributed by atoms with Gasteiger partial charge < -0.3 is 9.47 Å². The van der Waals surface area contributed by atoms with Gasteiger partial charge in [-0.1, -0.05) is 18.2 Å². The van der Waals surface area contributed by atoms with Gasteiger partial charge in [0.1, 0.15) is 17.8 Å². The van der Waals surface area contributed by atoms with Crippen LogP contribution >= 0.6 is 0 Å². The summed E-state index contributed by atoms with van der Waals surface area (Å²) in [6.45, 7) is 0. The van der Waals surface area contributed by atoms with Crippen molar-refractivity contribution < 1.29 is 9.47 Å². The topological polar surface area (TPSA) is 42.2 Å². The molecule has 3 heteroatoms. The Kier molecular flexibility index (Phi) is 3.27. The number of ether oxygens (including phenoxy) is 2. The number of rotatable bonds is 3. The minimum Gasteiger partial charge on any atom is -0.497 e. The fourth-order valence-electron chi connectivity index (χ4n) is 1.59. The van der Waals surface area contributed by atoms with Crippen molar-refractivity contribution in [3.63, 3.8) is 0 Å². The van der Waals surface area contributed by atoms with E-state index in [0.717, 1.165) is 16.5 Å². The third-order valence-corrected chi connectivity index (χ3v) is 2.39. The molecule has 0 radical (unpaired) electrons. The summed E-state index contributed by atoms with van der Waals surface area (Å²) < 4.78 is 10.6. The fraction of sp³-hybridized carbons (Fsp3) is 0.0714. The van der Waals surface area contributed by atoms with Gasteiger partial charge in [0.15, 0.2) is 0 Å². The van der Waals surface area contributed by atoms with E-state index in [2.05, 4.69) is 0 Å². The lowest BCUT2D eigenvalue weighted by molar-refractivity contribution is 0.415. The Morgan fingerprint density at radius 3 is 2.88 bits per heavy atom. The predicted octanol–water partition coefficient (Wildman–Crippen LogP) is 3.26. The van der Waals surface area contributed by atoms with Crippen molar-refractivity contribution in [1.82, 2.24) is 0 Å². The molecule has 0 unspecified atom stereocenters. The van der Waals surface area contributed by atoms with Crippen molar-refractivity contribution >= 4 is 10.8 Å². The monoisotopic (exact) mass is 225 g/mol. The maximum Gasteiger partial charge on any atom is 0.134 e. The molecule has 2 rings (SSSR count). The van der Waals surface area contributed by atoms with Crippen molar-refractivity contribution in [2.75, 3.05) is 7.11 Å². The molecule has 2 aromatic carbocycles. The molecule has 0 saturated heterocycles. The van der Waals surface area contributed by atoms with E-state index < -0.39 is 0 Å². The van der Waals surface area contributed by atoms with Crippen LogP contribution in [0, 0.1) is 11.3 Å². The highest BCUT2D eigenvalue weighted by Gasteiger charge is 2.02. The van der Waals surface area contributed by atoms with E-state index in [0.29, 0.717) is 5.75 Å². The summed E-state index contributed by atoms with van der Waals surface area (Å²) >= 11 is 0. The molecule has 0 aliphatic rings. The van der Waals surface area contributed by atoms with Crippen LogP contribution in [0.2, 0.25) is 0 Å². The van der Waals surface area contributed by atoms with Gasteiger partial charge in [0.05, 0.1) is 19.3 Å². The molecule has 0 saturated carbocycles. The number of methoxy groups -OCH3 is 1. The molecule has 0 fully saturated rings. The van der Waals surface area contributed by atoms with E-state index in [1.54, 1.807) is 7.11 Å². The van der Waals surface area contributed by atoms with Crippen LogP contribution in [0.4, 0.5) is 0 Å². The number of nitrogens with zero attached hydrogens (tertiary/aromatic N) is 1. The van der Waals surface area contributed by atoms with E-state index in [1.165, 1.54) is 12.3 Å². The van der Waals surface area contributed by atoms with Gasteiger partial charge in [-0.2, -0.15) is 5.26 Å². The molecule has 0 amide bonds. The first-order valence-electron chi connectivity index (χ1n) is 5.13. The second kappa shape index (κ2) is 5.04. The number of fused-ring (bicyclic) bond motifs is 1. The van der Waals surface area contributed by atoms with E-state index in [9.17, 15) is 0 Å². The molecule has 0 bridgehead atoms. The molecule has 0 heterocycles. The van der Waals surface area contributed by atoms with Gasteiger partial charge in [-0.25, -0.2) is 0 Å². The number of hydrogen-bond donors (Lipinski definition) is 0. The second-order valence-electron chi connectivity index (χ2n) is 3.39. The predicted molar refractivity (Wildman–Crippen MR) is 65.9 cm³/mol. The van der Waals surface area contributed by atoms with Crippen LogP contribution in [0.5, 0.6) is 11.5 Å². The summed E-state index contributed by atoms with van der Waals surface area (Å²) in [5.41, 5.74) is 0. The van der Waals surface area contributed by atoms with Crippen LogP contribution in [-0.4, -0.2) is 7.11 Å². The maximum absolute atomic E-state index is 8.40. The Morgan fingerprint density at radius 1 is 1.24 bits per heavy atom. The molecule has 0 N–H and O–H groups in total. The van der Waals surface area contributed by atoms with Crippen molar-refractivity contribution in [2.24, 2.45) is 0 Å². The molecule has 0 spiro atoms. The Hall–Kier alpha value is -2.47. The van der Waals surface area contributed by atoms with Crippen LogP contribution in [-0.2, 0) is 0 Å². The first kappa shape index (κ1) is 11.0. The normalized spacial score (nSPS) is 10.4. The zero-order chi connectivity index (χ0) is 12.1. The molecule has 0 aliphatic carbocycles. The van der Waals surface area contributed by atoms with Gasteiger partial charge in [-0.15, -0.1) is 0 Å². The Bertz CT molecular complexity index is 597. The fourth-order valence-corrected chi connectivity index (χ4v) is 1.59. The number of nitriles is 1. The Morgan fingerprint density at radius 2 is 2.12 bits per heavy atom. The van der Waals surface area contributed by atoms with Crippen molar-refractivity contribution in [3.05, 3.63) is 48.7 Å². The summed E-state index contributed by atoms with van der Waals surface area (Å²) in [7, 11) is 1.63. The third kappa shape index (κ3) is 2.37. The van der Waals surface area contributed by atoms with Gasteiger partial charge in [-0.3, -0.25) is 0 Å². The summed E-state index contributed by atoms with van der Waals surface area (Å²) in [6.07, 6.45) is 2.66. The molecule has 0 aliphatic heterocycles. The molecular weight excluding hydrogens is 214 g/mol. The Labute approximate surface area is 99.5 Å². The minimum atomic E-state index is 0.702. The van der Waals surface area contributed by atoms with Crippen molar-refractivity contribution in [3.8, 4) is 17.6 Å². The van der Waals surface area contributed by atoms with Gasteiger partial charge >= 0.3 is 0 Å². The lowest BCUT2D eigenvalue weighted by Crippen LogP contribution is -1.86. The summed E-state index contributed by atoms with van der Waals surface area (Å²) in [5.74, 6) is 1.48. The zero-order valence-corrected chi connectivity index (χ0v) is 9.38. The molecular formula is C14H11NO2. The van der Waals surface area contributed by atoms with E-state index >= 15 is 0 Å². The SMILES string of the molecule is COc1ccc2cccc(O/C=C\C#N)c2c1. The molecule has 0 atom stereocenters. The highest BCUT2D eigenvalue weighted by Crippen LogP contribution is 2.29. The van der Waals surface area contributed by atoms with Crippen molar-refractivity contribution in [1.29, 1.82) is 5.26 Å². The number of benzene rings is 2. The molecule has 0 aromatic heterocycles. The second-order valence-corrected chi connectivity index (χ2v) is 3.39. The number of hydrogen-bond acceptors (Lipinski definition) is 3. The van der Waals surface area contributed by atoms with Crippen molar-refractivity contribution in [2.45, 2.75) is 0 Å². The average Bonchev–Trinajstić information content (AvgIpc) is 2.39. The summed E-state index contributed by atoms with van der Waals surface area (Å²) in [6, 6.07) is 13.4. The third-order valence-electron chi connectivity index (χ3n) is 2.39. The largest absolute Gasteiger partial charge is 0.497 e. The molecule has 3 nitrogen and oxygen atoms in total. The summed E-state index contributed by atoms with van der Waals surface area (Å²) in [4.78, 5) is 0. The van der Waals surface area contributed by atoms with Gasteiger partial charge in [0.25, 0.3) is 0 Å². The van der Waals surface area contributed by atoms with Crippen LogP contribution in [0.3, 0.4) is 0 Å².